The summed E-state index contributed by atoms with van der Waals surface area (Å²) in [5.74, 6) is -4.39. The van der Waals surface area contributed by atoms with Gasteiger partial charge in [0, 0.05) is 44.7 Å². The maximum absolute atomic E-state index is 13.9. The summed E-state index contributed by atoms with van der Waals surface area (Å²) in [7, 11) is 0. The van der Waals surface area contributed by atoms with Crippen LogP contribution in [0.3, 0.4) is 0 Å². The predicted octanol–water partition coefficient (Wildman–Crippen LogP) is 4.13. The summed E-state index contributed by atoms with van der Waals surface area (Å²) in [6.45, 7) is 10.8. The van der Waals surface area contributed by atoms with Crippen molar-refractivity contribution in [1.82, 2.24) is 24.3 Å². The number of aliphatic carboxylic acids is 2. The fourth-order valence-corrected chi connectivity index (χ4v) is 5.70. The first-order chi connectivity index (χ1) is 20.0. The van der Waals surface area contributed by atoms with Gasteiger partial charge >= 0.3 is 24.3 Å². The second kappa shape index (κ2) is 14.3. The maximum atomic E-state index is 13.9. The van der Waals surface area contributed by atoms with Gasteiger partial charge in [-0.3, -0.25) is 9.69 Å². The minimum Gasteiger partial charge on any atom is -0.475 e. The molecule has 5 rings (SSSR count). The molecule has 2 N–H and O–H groups in total. The van der Waals surface area contributed by atoms with Crippen LogP contribution in [-0.2, 0) is 20.8 Å². The summed E-state index contributed by atoms with van der Waals surface area (Å²) >= 11 is 0. The molecule has 3 aliphatic heterocycles. The van der Waals surface area contributed by atoms with Gasteiger partial charge in [-0.25, -0.2) is 14.6 Å². The monoisotopic (exact) mass is 627 g/mol. The van der Waals surface area contributed by atoms with E-state index in [1.165, 1.54) is 44.5 Å². The van der Waals surface area contributed by atoms with Gasteiger partial charge in [-0.2, -0.15) is 26.3 Å². The van der Waals surface area contributed by atoms with Crippen molar-refractivity contribution in [3.63, 3.8) is 0 Å². The van der Waals surface area contributed by atoms with E-state index in [9.17, 15) is 31.1 Å². The molecule has 3 fully saturated rings. The largest absolute Gasteiger partial charge is 0.490 e. The van der Waals surface area contributed by atoms with Crippen molar-refractivity contribution in [2.24, 2.45) is 5.92 Å². The minimum absolute atomic E-state index is 0.132. The minimum atomic E-state index is -5.08. The van der Waals surface area contributed by atoms with E-state index in [0.717, 1.165) is 57.1 Å². The van der Waals surface area contributed by atoms with E-state index in [0.29, 0.717) is 18.0 Å². The molecule has 1 aromatic rings. The van der Waals surface area contributed by atoms with Crippen molar-refractivity contribution in [1.29, 1.82) is 0 Å². The van der Waals surface area contributed by atoms with Gasteiger partial charge in [0.2, 0.25) is 5.91 Å². The van der Waals surface area contributed by atoms with Crippen LogP contribution in [0.15, 0.2) is 6.33 Å². The third-order valence-corrected chi connectivity index (χ3v) is 8.07. The summed E-state index contributed by atoms with van der Waals surface area (Å²) < 4.78 is 65.7. The number of carboxylic acids is 2. The van der Waals surface area contributed by atoms with Gasteiger partial charge in [-0.15, -0.1) is 0 Å². The van der Waals surface area contributed by atoms with Crippen LogP contribution in [0.1, 0.15) is 75.8 Å². The van der Waals surface area contributed by atoms with Crippen LogP contribution in [0.4, 0.5) is 26.3 Å². The van der Waals surface area contributed by atoms with Crippen molar-refractivity contribution in [2.45, 2.75) is 89.3 Å². The molecule has 0 radical (unpaired) electrons. The molecule has 16 heteroatoms. The Kier molecular flexibility index (Phi) is 11.5. The molecule has 43 heavy (non-hydrogen) atoms. The summed E-state index contributed by atoms with van der Waals surface area (Å²) in [6.07, 6.45) is 0.399. The Morgan fingerprint density at radius 2 is 1.40 bits per heavy atom. The normalized spacial score (nSPS) is 21.9. The SMILES string of the molecule is CC(C)n1cnc2c1C(C(=O)N1CCC(N3CCCC3)CC1)N(CC1CC1)CC2.O=C(O)C(F)(F)F.O=C(O)C(F)(F)F. The number of imidazole rings is 1. The number of halogens is 6. The average molecular weight is 628 g/mol. The third kappa shape index (κ3) is 9.55. The highest BCUT2D eigenvalue weighted by Gasteiger charge is 2.42. The van der Waals surface area contributed by atoms with Crippen molar-refractivity contribution >= 4 is 17.8 Å². The van der Waals surface area contributed by atoms with Crippen LogP contribution in [0.5, 0.6) is 0 Å². The molecule has 244 valence electrons. The number of carboxylic acid groups (broad SMARTS) is 2. The lowest BCUT2D eigenvalue weighted by Gasteiger charge is -2.42. The van der Waals surface area contributed by atoms with Crippen molar-refractivity contribution in [3.05, 3.63) is 17.7 Å². The quantitative estimate of drug-likeness (QED) is 0.468. The molecule has 0 bridgehead atoms. The van der Waals surface area contributed by atoms with Crippen molar-refractivity contribution < 1.29 is 50.9 Å². The van der Waals surface area contributed by atoms with E-state index in [-0.39, 0.29) is 6.04 Å². The predicted molar refractivity (Wildman–Crippen MR) is 141 cm³/mol. The molecular formula is C27H39F6N5O5. The first-order valence-corrected chi connectivity index (χ1v) is 14.4. The number of fused-ring (bicyclic) bond motifs is 1. The lowest BCUT2D eigenvalue weighted by molar-refractivity contribution is -0.193. The molecule has 1 aliphatic carbocycles. The lowest BCUT2D eigenvalue weighted by Crippen LogP contribution is -2.51. The van der Waals surface area contributed by atoms with E-state index < -0.39 is 24.3 Å². The average Bonchev–Trinajstić information content (AvgIpc) is 3.38. The van der Waals surface area contributed by atoms with E-state index >= 15 is 0 Å². The summed E-state index contributed by atoms with van der Waals surface area (Å²) in [4.78, 5) is 43.7. The molecule has 10 nitrogen and oxygen atoms in total. The number of alkyl halides is 6. The number of carbonyl (C=O) groups is 3. The molecular weight excluding hydrogens is 588 g/mol. The van der Waals surface area contributed by atoms with Crippen LogP contribution < -0.4 is 0 Å². The van der Waals surface area contributed by atoms with E-state index in [4.69, 9.17) is 24.8 Å². The zero-order valence-corrected chi connectivity index (χ0v) is 24.2. The fraction of sp³-hybridized carbons (Fsp3) is 0.778. The lowest BCUT2D eigenvalue weighted by atomic mass is 9.97. The van der Waals surface area contributed by atoms with E-state index in [1.54, 1.807) is 0 Å². The number of carbonyl (C=O) groups excluding carboxylic acids is 1. The number of aromatic nitrogens is 2. The van der Waals surface area contributed by atoms with Gasteiger partial charge in [-0.05, 0) is 71.4 Å². The second-order valence-corrected chi connectivity index (χ2v) is 11.6. The van der Waals surface area contributed by atoms with Crippen LogP contribution >= 0.6 is 0 Å². The van der Waals surface area contributed by atoms with Crippen LogP contribution in [0.2, 0.25) is 0 Å². The van der Waals surface area contributed by atoms with Gasteiger partial charge in [0.05, 0.1) is 17.7 Å². The Morgan fingerprint density at radius 3 is 1.84 bits per heavy atom. The number of piperidine rings is 1. The standard InChI is InChI=1S/C23H37N5O.2C2HF3O2/c1-17(2)28-16-24-20-9-14-27(15-18-5-6-18)22(21(20)28)23(29)26-12-7-19(8-13-26)25-10-3-4-11-25;2*3-2(4,5)1(6)7/h16-19,22H,3-15H2,1-2H3;2*(H,6,7). The molecule has 0 spiro atoms. The summed E-state index contributed by atoms with van der Waals surface area (Å²) in [5, 5.41) is 14.2. The Bertz CT molecular complexity index is 1080. The van der Waals surface area contributed by atoms with Gasteiger partial charge < -0.3 is 24.6 Å². The molecule has 4 aliphatic rings. The van der Waals surface area contributed by atoms with Gasteiger partial charge in [-0.1, -0.05) is 0 Å². The first kappa shape index (κ1) is 34.6. The highest BCUT2D eigenvalue weighted by Crippen LogP contribution is 2.38. The highest BCUT2D eigenvalue weighted by atomic mass is 19.4. The van der Waals surface area contributed by atoms with Crippen LogP contribution in [0.25, 0.3) is 0 Å². The Labute approximate surface area is 245 Å². The number of nitrogens with zero attached hydrogens (tertiary/aromatic N) is 5. The number of hydrogen-bond donors (Lipinski definition) is 2. The Balaban J connectivity index is 0.000000303. The van der Waals surface area contributed by atoms with E-state index in [2.05, 4.69) is 33.1 Å². The maximum Gasteiger partial charge on any atom is 0.490 e. The first-order valence-electron chi connectivity index (χ1n) is 14.4. The fourth-order valence-electron chi connectivity index (χ4n) is 5.70. The summed E-state index contributed by atoms with van der Waals surface area (Å²) in [6, 6.07) is 0.892. The van der Waals surface area contributed by atoms with Crippen molar-refractivity contribution in [3.8, 4) is 0 Å². The molecule has 1 aromatic heterocycles. The zero-order valence-electron chi connectivity index (χ0n) is 24.2. The topological polar surface area (TPSA) is 119 Å². The molecule has 4 heterocycles. The number of likely N-dealkylation sites (tertiary alicyclic amines) is 2. The van der Waals surface area contributed by atoms with E-state index in [1.807, 2.05) is 6.33 Å². The molecule has 2 saturated heterocycles. The molecule has 1 atom stereocenters. The van der Waals surface area contributed by atoms with Crippen LogP contribution in [0, 0.1) is 5.92 Å². The van der Waals surface area contributed by atoms with Gasteiger partial charge in [0.15, 0.2) is 0 Å². The second-order valence-electron chi connectivity index (χ2n) is 11.6. The molecule has 0 aromatic carbocycles. The summed E-state index contributed by atoms with van der Waals surface area (Å²) in [5.41, 5.74) is 2.33. The third-order valence-electron chi connectivity index (χ3n) is 8.07. The smallest absolute Gasteiger partial charge is 0.475 e. The number of amides is 1. The Hall–Kier alpha value is -2.88. The molecule has 1 amide bonds. The zero-order chi connectivity index (χ0) is 32.1. The van der Waals surface area contributed by atoms with Gasteiger partial charge in [0.1, 0.15) is 6.04 Å². The number of rotatable bonds is 5. The number of hydrogen-bond acceptors (Lipinski definition) is 6. The van der Waals surface area contributed by atoms with Gasteiger partial charge in [0.25, 0.3) is 0 Å². The molecule has 1 unspecified atom stereocenters. The highest BCUT2D eigenvalue weighted by molar-refractivity contribution is 5.83. The Morgan fingerprint density at radius 1 is 0.884 bits per heavy atom. The molecule has 1 saturated carbocycles. The van der Waals surface area contributed by atoms with Crippen LogP contribution in [-0.4, -0.2) is 110 Å². The van der Waals surface area contributed by atoms with Crippen molar-refractivity contribution in [2.75, 3.05) is 39.3 Å².